The Kier molecular flexibility index (Phi) is 5.64. The van der Waals surface area contributed by atoms with E-state index in [0.29, 0.717) is 43.7 Å². The summed E-state index contributed by atoms with van der Waals surface area (Å²) >= 11 is 0. The van der Waals surface area contributed by atoms with Gasteiger partial charge in [-0.1, -0.05) is 30.3 Å². The molecule has 2 aromatic carbocycles. The van der Waals surface area contributed by atoms with Crippen molar-refractivity contribution in [3.8, 4) is 0 Å². The lowest BCUT2D eigenvalue weighted by Crippen LogP contribution is -2.48. The monoisotopic (exact) mass is 443 g/mol. The third kappa shape index (κ3) is 4.24. The molecule has 8 heteroatoms. The van der Waals surface area contributed by atoms with Crippen LogP contribution in [0.3, 0.4) is 0 Å². The van der Waals surface area contributed by atoms with Gasteiger partial charge in [0.2, 0.25) is 0 Å². The quantitative estimate of drug-likeness (QED) is 0.568. The highest BCUT2D eigenvalue weighted by Gasteiger charge is 2.41. The molecule has 8 nitrogen and oxygen atoms in total. The van der Waals surface area contributed by atoms with Crippen molar-refractivity contribution in [2.45, 2.75) is 25.4 Å². The van der Waals surface area contributed by atoms with E-state index in [4.69, 9.17) is 0 Å². The van der Waals surface area contributed by atoms with Crippen LogP contribution in [-0.2, 0) is 11.3 Å². The number of carbonyl (C=O) groups is 3. The van der Waals surface area contributed by atoms with Crippen LogP contribution in [0.5, 0.6) is 0 Å². The fourth-order valence-corrected chi connectivity index (χ4v) is 4.54. The molecule has 2 saturated heterocycles. The first-order valence-corrected chi connectivity index (χ1v) is 11.1. The number of hydrogen-bond donors (Lipinski definition) is 0. The lowest BCUT2D eigenvalue weighted by Gasteiger charge is -2.36. The molecule has 0 saturated carbocycles. The molecular formula is C25H25N5O3. The molecule has 2 aliphatic heterocycles. The van der Waals surface area contributed by atoms with Gasteiger partial charge < -0.3 is 14.4 Å². The summed E-state index contributed by atoms with van der Waals surface area (Å²) in [6, 6.07) is 16.3. The Labute approximate surface area is 192 Å². The fraction of sp³-hybridized carbons (Fsp3) is 0.280. The van der Waals surface area contributed by atoms with E-state index in [1.807, 2.05) is 58.1 Å². The van der Waals surface area contributed by atoms with E-state index < -0.39 is 0 Å². The molecular weight excluding hydrogens is 418 g/mol. The third-order valence-corrected chi connectivity index (χ3v) is 6.32. The van der Waals surface area contributed by atoms with Gasteiger partial charge in [0.25, 0.3) is 11.8 Å². The van der Waals surface area contributed by atoms with Crippen molar-refractivity contribution in [1.82, 2.24) is 19.4 Å². The number of urea groups is 1. The third-order valence-electron chi connectivity index (χ3n) is 6.32. The highest BCUT2D eigenvalue weighted by molar-refractivity contribution is 6.19. The summed E-state index contributed by atoms with van der Waals surface area (Å²) in [4.78, 5) is 47.2. The van der Waals surface area contributed by atoms with E-state index in [9.17, 15) is 14.4 Å². The lowest BCUT2D eigenvalue weighted by molar-refractivity contribution is -0.116. The predicted octanol–water partition coefficient (Wildman–Crippen LogP) is 3.00. The minimum Gasteiger partial charge on any atom is -0.338 e. The number of piperidine rings is 1. The highest BCUT2D eigenvalue weighted by Crippen LogP contribution is 2.26. The van der Waals surface area contributed by atoms with Crippen LogP contribution in [0.25, 0.3) is 0 Å². The van der Waals surface area contributed by atoms with Gasteiger partial charge in [0.1, 0.15) is 6.54 Å². The minimum absolute atomic E-state index is 0.00244. The maximum absolute atomic E-state index is 13.0. The van der Waals surface area contributed by atoms with Crippen LogP contribution in [0, 0.1) is 0 Å². The molecule has 4 amide bonds. The Balaban J connectivity index is 1.18. The van der Waals surface area contributed by atoms with Gasteiger partial charge >= 0.3 is 6.03 Å². The first-order chi connectivity index (χ1) is 16.1. The maximum atomic E-state index is 13.0. The number of anilines is 1. The van der Waals surface area contributed by atoms with E-state index in [1.165, 1.54) is 4.90 Å². The van der Waals surface area contributed by atoms with E-state index in [0.717, 1.165) is 5.56 Å². The van der Waals surface area contributed by atoms with E-state index >= 15 is 0 Å². The van der Waals surface area contributed by atoms with Gasteiger partial charge in [0.05, 0.1) is 12.0 Å². The number of nitrogens with zero attached hydrogens (tertiary/aromatic N) is 5. The SMILES string of the molecule is O=C(c1ccc(Cn2ccnc2)cc1)N1CCC(N2CC(=O)N(c3ccccc3)C2=O)CC1. The smallest absolute Gasteiger partial charge is 0.332 e. The van der Waals surface area contributed by atoms with Crippen LogP contribution < -0.4 is 4.90 Å². The van der Waals surface area contributed by atoms with Crippen LogP contribution >= 0.6 is 0 Å². The summed E-state index contributed by atoms with van der Waals surface area (Å²) in [5.41, 5.74) is 2.35. The number of carbonyl (C=O) groups excluding carboxylic acids is 3. The maximum Gasteiger partial charge on any atom is 0.332 e. The molecule has 0 atom stereocenters. The molecule has 0 aliphatic carbocycles. The molecule has 0 radical (unpaired) electrons. The number of rotatable bonds is 5. The summed E-state index contributed by atoms with van der Waals surface area (Å²) in [5, 5.41) is 0. The van der Waals surface area contributed by atoms with Crippen molar-refractivity contribution in [1.29, 1.82) is 0 Å². The summed E-state index contributed by atoms with van der Waals surface area (Å²) in [6.07, 6.45) is 6.73. The molecule has 0 unspecified atom stereocenters. The summed E-state index contributed by atoms with van der Waals surface area (Å²) in [6.45, 7) is 1.92. The lowest BCUT2D eigenvalue weighted by atomic mass is 10.0. The molecule has 33 heavy (non-hydrogen) atoms. The number of aromatic nitrogens is 2. The van der Waals surface area contributed by atoms with Gasteiger partial charge in [0, 0.05) is 43.6 Å². The van der Waals surface area contributed by atoms with Crippen LogP contribution in [0.15, 0.2) is 73.3 Å². The van der Waals surface area contributed by atoms with E-state index in [-0.39, 0.29) is 30.4 Å². The van der Waals surface area contributed by atoms with Crippen LogP contribution in [0.1, 0.15) is 28.8 Å². The summed E-state index contributed by atoms with van der Waals surface area (Å²) in [7, 11) is 0. The molecule has 3 heterocycles. The van der Waals surface area contributed by atoms with Crippen molar-refractivity contribution in [2.75, 3.05) is 24.5 Å². The number of para-hydroxylation sites is 1. The van der Waals surface area contributed by atoms with Crippen molar-refractivity contribution >= 4 is 23.5 Å². The fourth-order valence-electron chi connectivity index (χ4n) is 4.54. The van der Waals surface area contributed by atoms with Gasteiger partial charge in [-0.15, -0.1) is 0 Å². The van der Waals surface area contributed by atoms with Crippen molar-refractivity contribution in [2.24, 2.45) is 0 Å². The minimum atomic E-state index is -0.274. The molecule has 0 spiro atoms. The molecule has 0 bridgehead atoms. The van der Waals surface area contributed by atoms with Crippen LogP contribution in [0.2, 0.25) is 0 Å². The Hall–Kier alpha value is -3.94. The first-order valence-electron chi connectivity index (χ1n) is 11.1. The summed E-state index contributed by atoms with van der Waals surface area (Å²) in [5.74, 6) is -0.210. The average molecular weight is 444 g/mol. The second-order valence-electron chi connectivity index (χ2n) is 8.43. The van der Waals surface area contributed by atoms with E-state index in [2.05, 4.69) is 4.98 Å². The molecule has 2 aliphatic rings. The number of imidazole rings is 1. The Bertz CT molecular complexity index is 1140. The Morgan fingerprint density at radius 1 is 0.970 bits per heavy atom. The zero-order chi connectivity index (χ0) is 22.8. The van der Waals surface area contributed by atoms with Gasteiger partial charge in [-0.25, -0.2) is 14.7 Å². The average Bonchev–Trinajstić information content (AvgIpc) is 3.47. The molecule has 0 N–H and O–H groups in total. The number of likely N-dealkylation sites (tertiary alicyclic amines) is 1. The topological polar surface area (TPSA) is 78.8 Å². The normalized spacial score (nSPS) is 17.2. The summed E-state index contributed by atoms with van der Waals surface area (Å²) < 4.78 is 1.98. The highest BCUT2D eigenvalue weighted by atomic mass is 16.2. The molecule has 1 aromatic heterocycles. The van der Waals surface area contributed by atoms with Crippen molar-refractivity contribution in [3.63, 3.8) is 0 Å². The number of imide groups is 1. The largest absolute Gasteiger partial charge is 0.338 e. The number of benzene rings is 2. The van der Waals surface area contributed by atoms with Gasteiger partial charge in [0.15, 0.2) is 0 Å². The Morgan fingerprint density at radius 3 is 2.36 bits per heavy atom. The standard InChI is InChI=1S/C25H25N5O3/c31-23-17-29(25(33)30(23)22-4-2-1-3-5-22)21-10-13-28(14-11-21)24(32)20-8-6-19(7-9-20)16-27-15-12-26-18-27/h1-9,12,15,18,21H,10-11,13-14,16-17H2. The molecule has 3 aromatic rings. The first kappa shape index (κ1) is 20.9. The second kappa shape index (κ2) is 8.90. The van der Waals surface area contributed by atoms with Gasteiger partial charge in [-0.2, -0.15) is 0 Å². The zero-order valence-corrected chi connectivity index (χ0v) is 18.2. The predicted molar refractivity (Wildman–Crippen MR) is 123 cm³/mol. The Morgan fingerprint density at radius 2 is 1.70 bits per heavy atom. The molecule has 168 valence electrons. The van der Waals surface area contributed by atoms with Gasteiger partial charge in [-0.05, 0) is 42.7 Å². The number of amides is 4. The zero-order valence-electron chi connectivity index (χ0n) is 18.2. The van der Waals surface area contributed by atoms with E-state index in [1.54, 1.807) is 29.6 Å². The molecule has 2 fully saturated rings. The van der Waals surface area contributed by atoms with Crippen LogP contribution in [-0.4, -0.2) is 62.9 Å². The van der Waals surface area contributed by atoms with Gasteiger partial charge in [-0.3, -0.25) is 9.59 Å². The molecule has 5 rings (SSSR count). The second-order valence-corrected chi connectivity index (χ2v) is 8.43. The van der Waals surface area contributed by atoms with Crippen LogP contribution in [0.4, 0.5) is 10.5 Å². The van der Waals surface area contributed by atoms with Crippen molar-refractivity contribution < 1.29 is 14.4 Å². The number of hydrogen-bond acceptors (Lipinski definition) is 4. The van der Waals surface area contributed by atoms with Crippen molar-refractivity contribution in [3.05, 3.63) is 84.4 Å².